The van der Waals surface area contributed by atoms with Crippen molar-refractivity contribution in [1.82, 2.24) is 10.2 Å². The van der Waals surface area contributed by atoms with Crippen molar-refractivity contribution in [3.8, 4) is 0 Å². The number of carbonyl (C=O) groups is 2. The number of nitrogens with zero attached hydrogens (tertiary/aromatic N) is 1. The summed E-state index contributed by atoms with van der Waals surface area (Å²) in [7, 11) is 0. The van der Waals surface area contributed by atoms with E-state index < -0.39 is 12.0 Å². The predicted molar refractivity (Wildman–Crippen MR) is 68.3 cm³/mol. The highest BCUT2D eigenvalue weighted by Crippen LogP contribution is 2.10. The van der Waals surface area contributed by atoms with Crippen LogP contribution in [0.1, 0.15) is 20.3 Å². The van der Waals surface area contributed by atoms with E-state index >= 15 is 0 Å². The molecule has 0 aromatic rings. The van der Waals surface area contributed by atoms with Crippen LogP contribution in [0.3, 0.4) is 0 Å². The molecule has 2 N–H and O–H groups in total. The minimum atomic E-state index is -0.974. The first kappa shape index (κ1) is 14.2. The molecule has 1 fully saturated rings. The van der Waals surface area contributed by atoms with Gasteiger partial charge in [-0.2, -0.15) is 11.8 Å². The molecule has 1 saturated heterocycles. The SMILES string of the molecule is CC(C)[C@H](NC(=O)N1CCCSCC1)C(=O)O. The molecule has 6 heteroatoms. The predicted octanol–water partition coefficient (Wildman–Crippen LogP) is 1.24. The van der Waals surface area contributed by atoms with Crippen molar-refractivity contribution in [2.24, 2.45) is 5.92 Å². The van der Waals surface area contributed by atoms with Crippen molar-refractivity contribution in [2.75, 3.05) is 24.6 Å². The van der Waals surface area contributed by atoms with E-state index in [9.17, 15) is 9.59 Å². The summed E-state index contributed by atoms with van der Waals surface area (Å²) in [5.74, 6) is 0.902. The van der Waals surface area contributed by atoms with Crippen LogP contribution >= 0.6 is 11.8 Å². The zero-order valence-corrected chi connectivity index (χ0v) is 11.1. The number of carboxylic acids is 1. The number of hydrogen-bond acceptors (Lipinski definition) is 3. The lowest BCUT2D eigenvalue weighted by molar-refractivity contribution is -0.140. The maximum Gasteiger partial charge on any atom is 0.326 e. The summed E-state index contributed by atoms with van der Waals surface area (Å²) in [6.07, 6.45) is 0.970. The number of carbonyl (C=O) groups excluding carboxylic acids is 1. The molecule has 0 aliphatic carbocycles. The number of carboxylic acid groups (broad SMARTS) is 1. The Hall–Kier alpha value is -0.910. The molecular weight excluding hydrogens is 240 g/mol. The number of hydrogen-bond donors (Lipinski definition) is 2. The Bertz CT molecular complexity index is 276. The monoisotopic (exact) mass is 260 g/mol. The summed E-state index contributed by atoms with van der Waals surface area (Å²) < 4.78 is 0. The van der Waals surface area contributed by atoms with E-state index in [1.54, 1.807) is 18.7 Å². The first-order valence-electron chi connectivity index (χ1n) is 5.88. The second-order valence-electron chi connectivity index (χ2n) is 4.46. The molecule has 1 atom stereocenters. The summed E-state index contributed by atoms with van der Waals surface area (Å²) >= 11 is 1.83. The third-order valence-corrected chi connectivity index (χ3v) is 3.77. The van der Waals surface area contributed by atoms with E-state index in [1.165, 1.54) is 0 Å². The van der Waals surface area contributed by atoms with Gasteiger partial charge in [-0.25, -0.2) is 9.59 Å². The molecule has 1 heterocycles. The Morgan fingerprint density at radius 2 is 2.00 bits per heavy atom. The highest BCUT2D eigenvalue weighted by molar-refractivity contribution is 7.99. The van der Waals surface area contributed by atoms with Gasteiger partial charge in [-0.3, -0.25) is 0 Å². The second kappa shape index (κ2) is 6.74. The van der Waals surface area contributed by atoms with Crippen molar-refractivity contribution < 1.29 is 14.7 Å². The molecule has 5 nitrogen and oxygen atoms in total. The zero-order chi connectivity index (χ0) is 12.8. The lowest BCUT2D eigenvalue weighted by Gasteiger charge is -2.25. The number of amides is 2. The van der Waals surface area contributed by atoms with Crippen LogP contribution in [0.15, 0.2) is 0 Å². The summed E-state index contributed by atoms with van der Waals surface area (Å²) in [4.78, 5) is 24.6. The second-order valence-corrected chi connectivity index (χ2v) is 5.69. The minimum Gasteiger partial charge on any atom is -0.480 e. The van der Waals surface area contributed by atoms with E-state index in [4.69, 9.17) is 5.11 Å². The maximum atomic E-state index is 11.9. The summed E-state index contributed by atoms with van der Waals surface area (Å²) in [6, 6.07) is -1.06. The highest BCUT2D eigenvalue weighted by Gasteiger charge is 2.26. The van der Waals surface area contributed by atoms with Gasteiger partial charge < -0.3 is 15.3 Å². The maximum absolute atomic E-state index is 11.9. The molecule has 1 rings (SSSR count). The van der Waals surface area contributed by atoms with E-state index in [1.807, 2.05) is 11.8 Å². The van der Waals surface area contributed by atoms with Gasteiger partial charge in [0.15, 0.2) is 0 Å². The third kappa shape index (κ3) is 4.46. The molecule has 1 aliphatic heterocycles. The Morgan fingerprint density at radius 3 is 2.59 bits per heavy atom. The van der Waals surface area contributed by atoms with Gasteiger partial charge in [0.25, 0.3) is 0 Å². The van der Waals surface area contributed by atoms with E-state index in [0.717, 1.165) is 17.9 Å². The van der Waals surface area contributed by atoms with Gasteiger partial charge in [0.2, 0.25) is 0 Å². The van der Waals surface area contributed by atoms with Crippen LogP contribution in [-0.4, -0.2) is 52.6 Å². The summed E-state index contributed by atoms with van der Waals surface area (Å²) in [6.45, 7) is 4.99. The fourth-order valence-corrected chi connectivity index (χ4v) is 2.57. The van der Waals surface area contributed by atoms with Gasteiger partial charge in [0.05, 0.1) is 0 Å². The molecule has 0 unspecified atom stereocenters. The molecule has 0 spiro atoms. The minimum absolute atomic E-state index is 0.113. The Kier molecular flexibility index (Phi) is 5.61. The van der Waals surface area contributed by atoms with Crippen molar-refractivity contribution >= 4 is 23.8 Å². The number of aliphatic carboxylic acids is 1. The number of nitrogens with one attached hydrogen (secondary N) is 1. The Labute approximate surface area is 106 Å². The van der Waals surface area contributed by atoms with Gasteiger partial charge >= 0.3 is 12.0 Å². The molecule has 17 heavy (non-hydrogen) atoms. The molecule has 0 radical (unpaired) electrons. The molecule has 0 aromatic carbocycles. The van der Waals surface area contributed by atoms with E-state index in [-0.39, 0.29) is 11.9 Å². The van der Waals surface area contributed by atoms with Crippen molar-refractivity contribution in [1.29, 1.82) is 0 Å². The van der Waals surface area contributed by atoms with Crippen molar-refractivity contribution in [3.63, 3.8) is 0 Å². The lowest BCUT2D eigenvalue weighted by Crippen LogP contribution is -2.50. The van der Waals surface area contributed by atoms with Crippen LogP contribution in [0, 0.1) is 5.92 Å². The van der Waals surface area contributed by atoms with Crippen LogP contribution in [0.25, 0.3) is 0 Å². The standard InChI is InChI=1S/C11H20N2O3S/c1-8(2)9(10(14)15)12-11(16)13-4-3-6-17-7-5-13/h8-9H,3-7H2,1-2H3,(H,12,16)(H,14,15)/t9-/m0/s1. The number of rotatable bonds is 3. The lowest BCUT2D eigenvalue weighted by atomic mass is 10.1. The molecule has 98 valence electrons. The van der Waals surface area contributed by atoms with Crippen LogP contribution in [-0.2, 0) is 4.79 Å². The topological polar surface area (TPSA) is 69.6 Å². The molecule has 0 aromatic heterocycles. The quantitative estimate of drug-likeness (QED) is 0.801. The van der Waals surface area contributed by atoms with Crippen LogP contribution in [0.5, 0.6) is 0 Å². The molecule has 0 bridgehead atoms. The van der Waals surface area contributed by atoms with Crippen molar-refractivity contribution in [3.05, 3.63) is 0 Å². The van der Waals surface area contributed by atoms with E-state index in [2.05, 4.69) is 5.32 Å². The fourth-order valence-electron chi connectivity index (χ4n) is 1.69. The van der Waals surface area contributed by atoms with Crippen LogP contribution in [0.4, 0.5) is 4.79 Å². The number of thioether (sulfide) groups is 1. The zero-order valence-electron chi connectivity index (χ0n) is 10.3. The number of urea groups is 1. The summed E-state index contributed by atoms with van der Waals surface area (Å²) in [5.41, 5.74) is 0. The van der Waals surface area contributed by atoms with Gasteiger partial charge in [0, 0.05) is 18.8 Å². The first-order valence-corrected chi connectivity index (χ1v) is 7.04. The van der Waals surface area contributed by atoms with Crippen LogP contribution in [0.2, 0.25) is 0 Å². The van der Waals surface area contributed by atoms with Gasteiger partial charge in [-0.15, -0.1) is 0 Å². The van der Waals surface area contributed by atoms with Gasteiger partial charge in [-0.05, 0) is 18.1 Å². The smallest absolute Gasteiger partial charge is 0.326 e. The van der Waals surface area contributed by atoms with Gasteiger partial charge in [-0.1, -0.05) is 13.8 Å². The third-order valence-electron chi connectivity index (χ3n) is 2.72. The molecule has 1 aliphatic rings. The average Bonchev–Trinajstić information content (AvgIpc) is 2.52. The normalized spacial score (nSPS) is 18.6. The summed E-state index contributed by atoms with van der Waals surface area (Å²) in [5, 5.41) is 11.6. The van der Waals surface area contributed by atoms with Crippen molar-refractivity contribution in [2.45, 2.75) is 26.3 Å². The fraction of sp³-hybridized carbons (Fsp3) is 0.818. The largest absolute Gasteiger partial charge is 0.480 e. The first-order chi connectivity index (χ1) is 8.02. The van der Waals surface area contributed by atoms with E-state index in [0.29, 0.717) is 13.1 Å². The highest BCUT2D eigenvalue weighted by atomic mass is 32.2. The molecular formula is C11H20N2O3S. The van der Waals surface area contributed by atoms with Crippen LogP contribution < -0.4 is 5.32 Å². The molecule has 2 amide bonds. The van der Waals surface area contributed by atoms with Gasteiger partial charge in [0.1, 0.15) is 6.04 Å². The molecule has 0 saturated carbocycles. The Balaban J connectivity index is 2.53. The average molecular weight is 260 g/mol. The Morgan fingerprint density at radius 1 is 1.29 bits per heavy atom.